The SMILES string of the molecule is C=CC1CC(=O)N(CCCc2c[nH]c3ccccc23)C1. The van der Waals surface area contributed by atoms with Crippen LogP contribution in [0.5, 0.6) is 0 Å². The van der Waals surface area contributed by atoms with Gasteiger partial charge in [-0.2, -0.15) is 0 Å². The number of aromatic nitrogens is 1. The summed E-state index contributed by atoms with van der Waals surface area (Å²) in [7, 11) is 0. The quantitative estimate of drug-likeness (QED) is 0.831. The van der Waals surface area contributed by atoms with Gasteiger partial charge in [-0.15, -0.1) is 6.58 Å². The molecule has 3 heteroatoms. The molecule has 1 amide bonds. The summed E-state index contributed by atoms with van der Waals surface area (Å²) >= 11 is 0. The number of nitrogens with one attached hydrogen (secondary N) is 1. The van der Waals surface area contributed by atoms with Gasteiger partial charge in [-0.1, -0.05) is 24.3 Å². The van der Waals surface area contributed by atoms with E-state index in [1.807, 2.05) is 17.0 Å². The summed E-state index contributed by atoms with van der Waals surface area (Å²) in [6.07, 6.45) is 6.64. The minimum Gasteiger partial charge on any atom is -0.361 e. The van der Waals surface area contributed by atoms with Crippen molar-refractivity contribution in [3.63, 3.8) is 0 Å². The molecule has 0 bridgehead atoms. The van der Waals surface area contributed by atoms with E-state index in [0.717, 1.165) is 25.9 Å². The number of hydrogen-bond donors (Lipinski definition) is 1. The summed E-state index contributed by atoms with van der Waals surface area (Å²) in [5.74, 6) is 0.615. The van der Waals surface area contributed by atoms with Crippen LogP contribution in [0.2, 0.25) is 0 Å². The van der Waals surface area contributed by atoms with Crippen LogP contribution in [-0.4, -0.2) is 28.9 Å². The number of fused-ring (bicyclic) bond motifs is 1. The van der Waals surface area contributed by atoms with E-state index in [1.54, 1.807) is 0 Å². The van der Waals surface area contributed by atoms with E-state index in [9.17, 15) is 4.79 Å². The summed E-state index contributed by atoms with van der Waals surface area (Å²) in [6, 6.07) is 8.35. The number of nitrogens with zero attached hydrogens (tertiary/aromatic N) is 1. The predicted molar refractivity (Wildman–Crippen MR) is 81.5 cm³/mol. The summed E-state index contributed by atoms with van der Waals surface area (Å²) in [4.78, 5) is 17.1. The minimum atomic E-state index is 0.272. The summed E-state index contributed by atoms with van der Waals surface area (Å²) in [6.45, 7) is 5.48. The molecule has 1 atom stereocenters. The highest BCUT2D eigenvalue weighted by molar-refractivity contribution is 5.83. The first-order chi connectivity index (χ1) is 9.78. The molecule has 1 aromatic carbocycles. The lowest BCUT2D eigenvalue weighted by Gasteiger charge is -2.15. The van der Waals surface area contributed by atoms with Gasteiger partial charge in [-0.3, -0.25) is 4.79 Å². The molecule has 0 saturated carbocycles. The average molecular weight is 268 g/mol. The lowest BCUT2D eigenvalue weighted by atomic mass is 10.1. The molecule has 1 aromatic heterocycles. The highest BCUT2D eigenvalue weighted by Gasteiger charge is 2.26. The molecule has 1 saturated heterocycles. The Balaban J connectivity index is 1.58. The number of aromatic amines is 1. The first-order valence-corrected chi connectivity index (χ1v) is 7.23. The lowest BCUT2D eigenvalue weighted by molar-refractivity contribution is -0.127. The number of rotatable bonds is 5. The number of aryl methyl sites for hydroxylation is 1. The third-order valence-electron chi connectivity index (χ3n) is 4.13. The standard InChI is InChI=1S/C17H20N2O/c1-2-13-10-17(20)19(12-13)9-5-6-14-11-18-16-8-4-3-7-15(14)16/h2-4,7-8,11,13,18H,1,5-6,9-10,12H2. The second-order valence-corrected chi connectivity index (χ2v) is 5.50. The Morgan fingerprint density at radius 1 is 1.40 bits per heavy atom. The lowest BCUT2D eigenvalue weighted by Crippen LogP contribution is -2.26. The maximum Gasteiger partial charge on any atom is 0.223 e. The second kappa shape index (κ2) is 5.53. The summed E-state index contributed by atoms with van der Waals surface area (Å²) in [5.41, 5.74) is 2.53. The molecule has 2 heterocycles. The van der Waals surface area contributed by atoms with Gasteiger partial charge in [0, 0.05) is 42.5 Å². The van der Waals surface area contributed by atoms with Gasteiger partial charge in [-0.05, 0) is 24.5 Å². The van der Waals surface area contributed by atoms with E-state index in [-0.39, 0.29) is 5.91 Å². The Kier molecular flexibility index (Phi) is 3.59. The average Bonchev–Trinajstić information content (AvgIpc) is 3.04. The van der Waals surface area contributed by atoms with Crippen molar-refractivity contribution in [2.45, 2.75) is 19.3 Å². The molecule has 104 valence electrons. The van der Waals surface area contributed by atoms with Crippen LogP contribution in [0.1, 0.15) is 18.4 Å². The Hall–Kier alpha value is -2.03. The van der Waals surface area contributed by atoms with Crippen molar-refractivity contribution in [1.29, 1.82) is 0 Å². The molecular weight excluding hydrogens is 248 g/mol. The number of para-hydroxylation sites is 1. The monoisotopic (exact) mass is 268 g/mol. The van der Waals surface area contributed by atoms with Crippen molar-refractivity contribution in [2.24, 2.45) is 5.92 Å². The Morgan fingerprint density at radius 2 is 2.25 bits per heavy atom. The number of hydrogen-bond acceptors (Lipinski definition) is 1. The third kappa shape index (κ3) is 2.48. The zero-order chi connectivity index (χ0) is 13.9. The van der Waals surface area contributed by atoms with E-state index in [0.29, 0.717) is 12.3 Å². The number of H-pyrrole nitrogens is 1. The van der Waals surface area contributed by atoms with Crippen LogP contribution in [0.4, 0.5) is 0 Å². The number of amides is 1. The molecule has 3 rings (SSSR count). The van der Waals surface area contributed by atoms with E-state index in [2.05, 4.69) is 36.0 Å². The molecule has 1 unspecified atom stereocenters. The molecule has 0 radical (unpaired) electrons. The molecule has 1 N–H and O–H groups in total. The van der Waals surface area contributed by atoms with Crippen LogP contribution in [0, 0.1) is 5.92 Å². The number of benzene rings is 1. The minimum absolute atomic E-state index is 0.272. The van der Waals surface area contributed by atoms with Gasteiger partial charge in [0.05, 0.1) is 0 Å². The van der Waals surface area contributed by atoms with Crippen molar-refractivity contribution >= 4 is 16.8 Å². The van der Waals surface area contributed by atoms with E-state index in [4.69, 9.17) is 0 Å². The highest BCUT2D eigenvalue weighted by Crippen LogP contribution is 2.21. The number of carbonyl (C=O) groups is 1. The first kappa shape index (κ1) is 13.0. The van der Waals surface area contributed by atoms with E-state index in [1.165, 1.54) is 16.5 Å². The van der Waals surface area contributed by atoms with Gasteiger partial charge in [-0.25, -0.2) is 0 Å². The van der Waals surface area contributed by atoms with Gasteiger partial charge in [0.2, 0.25) is 5.91 Å². The third-order valence-corrected chi connectivity index (χ3v) is 4.13. The molecule has 0 aliphatic carbocycles. The normalized spacial score (nSPS) is 18.9. The van der Waals surface area contributed by atoms with Gasteiger partial charge in [0.15, 0.2) is 0 Å². The summed E-state index contributed by atoms with van der Waals surface area (Å²) in [5, 5.41) is 1.30. The largest absolute Gasteiger partial charge is 0.361 e. The van der Waals surface area contributed by atoms with Crippen molar-refractivity contribution < 1.29 is 4.79 Å². The Bertz CT molecular complexity index is 629. The molecule has 1 aliphatic heterocycles. The van der Waals surface area contributed by atoms with Crippen molar-refractivity contribution in [1.82, 2.24) is 9.88 Å². The zero-order valence-electron chi connectivity index (χ0n) is 11.6. The topological polar surface area (TPSA) is 36.1 Å². The maximum absolute atomic E-state index is 11.8. The Labute approximate surface area is 119 Å². The summed E-state index contributed by atoms with van der Waals surface area (Å²) < 4.78 is 0. The molecule has 1 aliphatic rings. The fourth-order valence-corrected chi connectivity index (χ4v) is 2.98. The van der Waals surface area contributed by atoms with Crippen LogP contribution < -0.4 is 0 Å². The van der Waals surface area contributed by atoms with Crippen molar-refractivity contribution in [2.75, 3.05) is 13.1 Å². The molecule has 1 fully saturated rings. The number of carbonyl (C=O) groups excluding carboxylic acids is 1. The predicted octanol–water partition coefficient (Wildman–Crippen LogP) is 3.14. The zero-order valence-corrected chi connectivity index (χ0v) is 11.6. The van der Waals surface area contributed by atoms with Crippen LogP contribution in [0.15, 0.2) is 43.1 Å². The fraction of sp³-hybridized carbons (Fsp3) is 0.353. The van der Waals surface area contributed by atoms with Crippen LogP contribution >= 0.6 is 0 Å². The van der Waals surface area contributed by atoms with Crippen LogP contribution in [-0.2, 0) is 11.2 Å². The molecule has 20 heavy (non-hydrogen) atoms. The van der Waals surface area contributed by atoms with Gasteiger partial charge >= 0.3 is 0 Å². The molecular formula is C17H20N2O. The maximum atomic E-state index is 11.8. The van der Waals surface area contributed by atoms with E-state index < -0.39 is 0 Å². The highest BCUT2D eigenvalue weighted by atomic mass is 16.2. The van der Waals surface area contributed by atoms with Crippen molar-refractivity contribution in [3.8, 4) is 0 Å². The van der Waals surface area contributed by atoms with Gasteiger partial charge in [0.25, 0.3) is 0 Å². The number of likely N-dealkylation sites (tertiary alicyclic amines) is 1. The smallest absolute Gasteiger partial charge is 0.223 e. The molecule has 2 aromatic rings. The second-order valence-electron chi connectivity index (χ2n) is 5.50. The molecule has 3 nitrogen and oxygen atoms in total. The van der Waals surface area contributed by atoms with Gasteiger partial charge < -0.3 is 9.88 Å². The van der Waals surface area contributed by atoms with Crippen LogP contribution in [0.3, 0.4) is 0 Å². The molecule has 0 spiro atoms. The van der Waals surface area contributed by atoms with Gasteiger partial charge in [0.1, 0.15) is 0 Å². The Morgan fingerprint density at radius 3 is 3.05 bits per heavy atom. The van der Waals surface area contributed by atoms with Crippen LogP contribution in [0.25, 0.3) is 10.9 Å². The first-order valence-electron chi connectivity index (χ1n) is 7.23. The fourth-order valence-electron chi connectivity index (χ4n) is 2.98. The van der Waals surface area contributed by atoms with E-state index >= 15 is 0 Å². The van der Waals surface area contributed by atoms with Crippen molar-refractivity contribution in [3.05, 3.63) is 48.7 Å².